The van der Waals surface area contributed by atoms with Crippen LogP contribution in [-0.4, -0.2) is 23.0 Å². The minimum atomic E-state index is -2.64. The van der Waals surface area contributed by atoms with E-state index in [4.69, 9.17) is 14.5 Å². The van der Waals surface area contributed by atoms with Crippen molar-refractivity contribution in [1.82, 2.24) is 4.98 Å². The van der Waals surface area contributed by atoms with E-state index >= 15 is 0 Å². The number of Topliss-reactive ketones (excluding diaryl/α,β-unsaturated/α-hetero) is 1. The number of pyridine rings is 1. The van der Waals surface area contributed by atoms with E-state index in [1.165, 1.54) is 6.92 Å². The molecule has 5 rings (SSSR count). The number of halogens is 2. The molecule has 0 fully saturated rings. The quantitative estimate of drug-likeness (QED) is 0.277. The van der Waals surface area contributed by atoms with Crippen LogP contribution in [-0.2, 0) is 16.0 Å². The smallest absolute Gasteiger partial charge is 0.264 e. The third kappa shape index (κ3) is 4.37. The number of ether oxygens (including phenoxy) is 2. The maximum absolute atomic E-state index is 14.3. The first kappa shape index (κ1) is 25.3. The number of rotatable bonds is 5. The number of hydrogen-bond acceptors (Lipinski definition) is 4. The Morgan fingerprint density at radius 3 is 2.46 bits per heavy atom. The van der Waals surface area contributed by atoms with Crippen molar-refractivity contribution in [2.45, 2.75) is 66.1 Å². The second-order valence-corrected chi connectivity index (χ2v) is 10.8. The Hall–Kier alpha value is -3.38. The molecule has 6 heteroatoms. The lowest BCUT2D eigenvalue weighted by atomic mass is 9.83. The van der Waals surface area contributed by atoms with Crippen molar-refractivity contribution in [2.75, 3.05) is 6.61 Å². The molecule has 0 saturated carbocycles. The van der Waals surface area contributed by atoms with Crippen molar-refractivity contribution in [1.29, 1.82) is 0 Å². The first-order valence-electron chi connectivity index (χ1n) is 12.5. The van der Waals surface area contributed by atoms with Gasteiger partial charge in [-0.1, -0.05) is 18.2 Å². The van der Waals surface area contributed by atoms with Crippen molar-refractivity contribution in [3.63, 3.8) is 0 Å². The Labute approximate surface area is 215 Å². The van der Waals surface area contributed by atoms with Crippen LogP contribution < -0.4 is 4.74 Å². The molecule has 2 heterocycles. The molecule has 0 spiro atoms. The fourth-order valence-electron chi connectivity index (χ4n) is 5.48. The first-order valence-corrected chi connectivity index (χ1v) is 12.5. The van der Waals surface area contributed by atoms with Gasteiger partial charge in [-0.15, -0.1) is 0 Å². The number of alkyl halides is 2. The Morgan fingerprint density at radius 1 is 1.03 bits per heavy atom. The number of aryl methyl sites for hydroxylation is 2. The zero-order chi connectivity index (χ0) is 26.6. The van der Waals surface area contributed by atoms with Crippen LogP contribution in [0.2, 0.25) is 0 Å². The van der Waals surface area contributed by atoms with E-state index in [9.17, 15) is 13.6 Å². The molecule has 1 aliphatic rings. The third-order valence-electron chi connectivity index (χ3n) is 6.99. The second kappa shape index (κ2) is 9.18. The van der Waals surface area contributed by atoms with Crippen LogP contribution in [0, 0.1) is 13.8 Å². The molecule has 3 aromatic carbocycles. The summed E-state index contributed by atoms with van der Waals surface area (Å²) in [4.78, 5) is 17.8. The number of ketones is 1. The van der Waals surface area contributed by atoms with Crippen LogP contribution >= 0.6 is 0 Å². The van der Waals surface area contributed by atoms with E-state index in [1.54, 1.807) is 25.3 Å². The lowest BCUT2D eigenvalue weighted by Crippen LogP contribution is -2.27. The van der Waals surface area contributed by atoms with Gasteiger partial charge in [-0.25, -0.2) is 8.78 Å². The summed E-state index contributed by atoms with van der Waals surface area (Å²) in [6.07, 6.45) is -0.983. The van der Waals surface area contributed by atoms with E-state index in [1.807, 2.05) is 52.0 Å². The molecule has 0 unspecified atom stereocenters. The van der Waals surface area contributed by atoms with Crippen LogP contribution in [0.1, 0.15) is 68.0 Å². The molecule has 0 N–H and O–H groups in total. The summed E-state index contributed by atoms with van der Waals surface area (Å²) < 4.78 is 40.9. The van der Waals surface area contributed by atoms with Gasteiger partial charge in [-0.2, -0.15) is 0 Å². The summed E-state index contributed by atoms with van der Waals surface area (Å²) in [6.45, 7) is 11.4. The predicted octanol–water partition coefficient (Wildman–Crippen LogP) is 7.99. The van der Waals surface area contributed by atoms with Crippen molar-refractivity contribution in [3.8, 4) is 16.9 Å². The molecular weight excluding hydrogens is 472 g/mol. The maximum Gasteiger partial charge on any atom is 0.264 e. The van der Waals surface area contributed by atoms with Crippen LogP contribution in [0.25, 0.3) is 32.8 Å². The van der Waals surface area contributed by atoms with Gasteiger partial charge >= 0.3 is 0 Å². The van der Waals surface area contributed by atoms with Crippen molar-refractivity contribution in [3.05, 3.63) is 70.4 Å². The van der Waals surface area contributed by atoms with E-state index < -0.39 is 18.1 Å². The summed E-state index contributed by atoms with van der Waals surface area (Å²) in [5, 5.41) is 2.04. The normalized spacial score (nSPS) is 14.3. The van der Waals surface area contributed by atoms with Crippen molar-refractivity contribution >= 4 is 27.5 Å². The first-order chi connectivity index (χ1) is 17.5. The van der Waals surface area contributed by atoms with Crippen molar-refractivity contribution in [2.24, 2.45) is 0 Å². The average Bonchev–Trinajstić information content (AvgIpc) is 2.82. The molecule has 0 bridgehead atoms. The Morgan fingerprint density at radius 2 is 1.78 bits per heavy atom. The molecule has 37 heavy (non-hydrogen) atoms. The molecule has 1 aromatic heterocycles. The topological polar surface area (TPSA) is 48.4 Å². The number of nitrogens with zero attached hydrogens (tertiary/aromatic N) is 1. The maximum atomic E-state index is 14.3. The number of fused-ring (bicyclic) bond motifs is 1. The summed E-state index contributed by atoms with van der Waals surface area (Å²) >= 11 is 0. The summed E-state index contributed by atoms with van der Waals surface area (Å²) in [5.74, 6) is 0.601. The monoisotopic (exact) mass is 503 g/mol. The van der Waals surface area contributed by atoms with Crippen LogP contribution in [0.3, 0.4) is 0 Å². The molecule has 4 aromatic rings. The number of carbonyl (C=O) groups is 1. The molecule has 0 radical (unpaired) electrons. The predicted molar refractivity (Wildman–Crippen MR) is 143 cm³/mol. The van der Waals surface area contributed by atoms with Crippen molar-refractivity contribution < 1.29 is 23.0 Å². The van der Waals surface area contributed by atoms with Crippen LogP contribution in [0.5, 0.6) is 5.75 Å². The average molecular weight is 504 g/mol. The highest BCUT2D eigenvalue weighted by molar-refractivity contribution is 6.10. The zero-order valence-corrected chi connectivity index (χ0v) is 22.0. The number of hydrogen-bond donors (Lipinski definition) is 0. The molecule has 0 aliphatic carbocycles. The van der Waals surface area contributed by atoms with Gasteiger partial charge in [0.15, 0.2) is 5.78 Å². The minimum absolute atomic E-state index is 0.00328. The fraction of sp³-hybridized carbons (Fsp3) is 0.355. The summed E-state index contributed by atoms with van der Waals surface area (Å²) in [5.41, 5.74) is 4.63. The number of aromatic nitrogens is 1. The van der Waals surface area contributed by atoms with E-state index in [0.29, 0.717) is 34.1 Å². The van der Waals surface area contributed by atoms with Gasteiger partial charge in [0.25, 0.3) is 6.43 Å². The van der Waals surface area contributed by atoms with E-state index in [0.717, 1.165) is 39.8 Å². The van der Waals surface area contributed by atoms with Crippen LogP contribution in [0.15, 0.2) is 42.6 Å². The molecule has 1 aliphatic heterocycles. The minimum Gasteiger partial charge on any atom is -0.493 e. The highest BCUT2D eigenvalue weighted by atomic mass is 19.3. The van der Waals surface area contributed by atoms with Crippen LogP contribution in [0.4, 0.5) is 8.78 Å². The van der Waals surface area contributed by atoms with Gasteiger partial charge in [-0.3, -0.25) is 9.78 Å². The van der Waals surface area contributed by atoms with Gasteiger partial charge in [0.2, 0.25) is 0 Å². The number of benzene rings is 3. The molecule has 0 saturated heterocycles. The highest BCUT2D eigenvalue weighted by Crippen LogP contribution is 2.46. The SMILES string of the molecule is CC(=O)[C@@H](OC(C)(C)C)c1c(C)cc2c(C(F)F)c(C)ccc2c1-c1ccc2c3c(ccnc13)CCO2. The molecule has 1 atom stereocenters. The molecule has 0 amide bonds. The van der Waals surface area contributed by atoms with Gasteiger partial charge < -0.3 is 9.47 Å². The molecular formula is C31H31F2NO3. The highest BCUT2D eigenvalue weighted by Gasteiger charge is 2.31. The van der Waals surface area contributed by atoms with E-state index in [2.05, 4.69) is 0 Å². The molecule has 4 nitrogen and oxygen atoms in total. The van der Waals surface area contributed by atoms with Gasteiger partial charge in [0, 0.05) is 29.1 Å². The van der Waals surface area contributed by atoms with E-state index in [-0.39, 0.29) is 11.3 Å². The Balaban J connectivity index is 1.96. The zero-order valence-electron chi connectivity index (χ0n) is 22.0. The Kier molecular flexibility index (Phi) is 6.27. The second-order valence-electron chi connectivity index (χ2n) is 10.8. The summed E-state index contributed by atoms with van der Waals surface area (Å²) in [7, 11) is 0. The fourth-order valence-corrected chi connectivity index (χ4v) is 5.48. The van der Waals surface area contributed by atoms with Gasteiger partial charge in [-0.05, 0) is 98.3 Å². The third-order valence-corrected chi connectivity index (χ3v) is 6.99. The lowest BCUT2D eigenvalue weighted by molar-refractivity contribution is -0.138. The largest absolute Gasteiger partial charge is 0.493 e. The molecule has 192 valence electrons. The standard InChI is InChI=1S/C31H31F2NO3/c1-16-7-8-20-22(24(16)30(32)33)15-17(2)25(29(18(3)35)37-31(4,5)6)27(20)21-9-10-23-26-19(12-14-36-23)11-13-34-28(21)26/h7-11,13,15,29-30H,12,14H2,1-6H3/t29-/m1/s1. The van der Waals surface area contributed by atoms with Gasteiger partial charge in [0.05, 0.1) is 17.7 Å². The number of carbonyl (C=O) groups excluding carboxylic acids is 1. The Bertz CT molecular complexity index is 1540. The van der Waals surface area contributed by atoms with Gasteiger partial charge in [0.1, 0.15) is 11.9 Å². The lowest BCUT2D eigenvalue weighted by Gasteiger charge is -2.30. The summed E-state index contributed by atoms with van der Waals surface area (Å²) in [6, 6.07) is 11.2.